The average Bonchev–Trinajstić information content (AvgIpc) is 2.84. The number of likely N-dealkylation sites (tertiary alicyclic amines) is 1. The number of ether oxygens (including phenoxy) is 1. The van der Waals surface area contributed by atoms with Gasteiger partial charge in [-0.2, -0.15) is 0 Å². The van der Waals surface area contributed by atoms with E-state index in [1.54, 1.807) is 12.0 Å². The number of hydrogen-bond acceptors (Lipinski definition) is 3. The molecule has 1 aromatic rings. The molecule has 0 aromatic heterocycles. The lowest BCUT2D eigenvalue weighted by molar-refractivity contribution is -0.128. The molecule has 0 radical (unpaired) electrons. The van der Waals surface area contributed by atoms with E-state index in [0.717, 1.165) is 12.0 Å². The van der Waals surface area contributed by atoms with Crippen LogP contribution in [0.3, 0.4) is 0 Å². The minimum absolute atomic E-state index is 0.0773. The van der Waals surface area contributed by atoms with E-state index in [1.165, 1.54) is 0 Å². The lowest BCUT2D eigenvalue weighted by atomic mass is 10.2. The predicted octanol–water partition coefficient (Wildman–Crippen LogP) is 1.12. The Bertz CT molecular complexity index is 493. The fraction of sp³-hybridized carbons (Fsp3) is 0.500. The number of methoxy groups -OCH3 is 1. The molecule has 6 heteroatoms. The number of urea groups is 1. The van der Waals surface area contributed by atoms with E-state index in [9.17, 15) is 9.59 Å². The van der Waals surface area contributed by atoms with Crippen LogP contribution in [-0.4, -0.2) is 49.7 Å². The van der Waals surface area contributed by atoms with Gasteiger partial charge in [-0.15, -0.1) is 0 Å². The molecule has 0 aliphatic carbocycles. The second-order valence-corrected chi connectivity index (χ2v) is 5.41. The molecule has 1 aromatic carbocycles. The first kappa shape index (κ1) is 16.3. The van der Waals surface area contributed by atoms with Gasteiger partial charge in [0.05, 0.1) is 6.04 Å². The van der Waals surface area contributed by atoms with Crippen LogP contribution < -0.4 is 10.6 Å². The fourth-order valence-electron chi connectivity index (χ4n) is 2.48. The summed E-state index contributed by atoms with van der Waals surface area (Å²) in [5.74, 6) is 0.0773. The molecule has 2 rings (SSSR count). The highest BCUT2D eigenvalue weighted by Gasteiger charge is 2.30. The predicted molar refractivity (Wildman–Crippen MR) is 83.3 cm³/mol. The number of carbonyl (C=O) groups excluding carboxylic acids is 2. The van der Waals surface area contributed by atoms with E-state index in [1.807, 2.05) is 30.3 Å². The molecule has 6 nitrogen and oxygen atoms in total. The Labute approximate surface area is 130 Å². The summed E-state index contributed by atoms with van der Waals surface area (Å²) in [7, 11) is 1.63. The fourth-order valence-corrected chi connectivity index (χ4v) is 2.48. The topological polar surface area (TPSA) is 70.7 Å². The molecule has 0 spiro atoms. The van der Waals surface area contributed by atoms with Crippen molar-refractivity contribution in [2.75, 3.05) is 26.8 Å². The summed E-state index contributed by atoms with van der Waals surface area (Å²) in [5.41, 5.74) is 1.10. The van der Waals surface area contributed by atoms with Gasteiger partial charge in [0.25, 0.3) is 0 Å². The minimum Gasteiger partial charge on any atom is -0.385 e. The Morgan fingerprint density at radius 2 is 2.14 bits per heavy atom. The molecule has 120 valence electrons. The van der Waals surface area contributed by atoms with Crippen LogP contribution in [0.5, 0.6) is 0 Å². The third-order valence-corrected chi connectivity index (χ3v) is 3.58. The van der Waals surface area contributed by atoms with Crippen LogP contribution in [0.25, 0.3) is 0 Å². The lowest BCUT2D eigenvalue weighted by Gasteiger charge is -2.17. The van der Waals surface area contributed by atoms with Gasteiger partial charge in [-0.05, 0) is 12.0 Å². The molecule has 2 N–H and O–H groups in total. The van der Waals surface area contributed by atoms with Crippen molar-refractivity contribution in [3.8, 4) is 0 Å². The Hall–Kier alpha value is -2.08. The van der Waals surface area contributed by atoms with E-state index in [2.05, 4.69) is 10.6 Å². The number of amides is 3. The standard InChI is InChI=1S/C16H23N3O3/c1-22-9-5-8-17-16(21)18-14-10-15(20)19(12-14)11-13-6-3-2-4-7-13/h2-4,6-7,14H,5,8-12H2,1H3,(H2,17,18,21). The summed E-state index contributed by atoms with van der Waals surface area (Å²) in [4.78, 5) is 25.5. The number of hydrogen-bond donors (Lipinski definition) is 2. The maximum Gasteiger partial charge on any atom is 0.315 e. The smallest absolute Gasteiger partial charge is 0.315 e. The molecular weight excluding hydrogens is 282 g/mol. The first-order valence-electron chi connectivity index (χ1n) is 7.54. The number of benzene rings is 1. The first-order chi connectivity index (χ1) is 10.7. The molecule has 1 atom stereocenters. The van der Waals surface area contributed by atoms with Crippen molar-refractivity contribution < 1.29 is 14.3 Å². The summed E-state index contributed by atoms with van der Waals surface area (Å²) >= 11 is 0. The van der Waals surface area contributed by atoms with Crippen molar-refractivity contribution in [1.29, 1.82) is 0 Å². The van der Waals surface area contributed by atoms with Gasteiger partial charge in [-0.1, -0.05) is 30.3 Å². The second-order valence-electron chi connectivity index (χ2n) is 5.41. The van der Waals surface area contributed by atoms with Gasteiger partial charge < -0.3 is 20.3 Å². The summed E-state index contributed by atoms with van der Waals surface area (Å²) in [5, 5.41) is 5.61. The summed E-state index contributed by atoms with van der Waals surface area (Å²) in [6.07, 6.45) is 1.13. The van der Waals surface area contributed by atoms with Gasteiger partial charge in [-0.3, -0.25) is 4.79 Å². The average molecular weight is 305 g/mol. The molecule has 1 aliphatic rings. The number of nitrogens with one attached hydrogen (secondary N) is 2. The van der Waals surface area contributed by atoms with Gasteiger partial charge in [0.15, 0.2) is 0 Å². The van der Waals surface area contributed by atoms with Crippen LogP contribution in [0.1, 0.15) is 18.4 Å². The zero-order valence-corrected chi connectivity index (χ0v) is 12.9. The molecule has 1 heterocycles. The van der Waals surface area contributed by atoms with Gasteiger partial charge in [0.2, 0.25) is 5.91 Å². The van der Waals surface area contributed by atoms with E-state index in [-0.39, 0.29) is 18.0 Å². The third kappa shape index (κ3) is 5.04. The SMILES string of the molecule is COCCCNC(=O)NC1CC(=O)N(Cc2ccccc2)C1. The van der Waals surface area contributed by atoms with Crippen LogP contribution in [-0.2, 0) is 16.1 Å². The molecule has 22 heavy (non-hydrogen) atoms. The van der Waals surface area contributed by atoms with Crippen LogP contribution in [0, 0.1) is 0 Å². The largest absolute Gasteiger partial charge is 0.385 e. The highest BCUT2D eigenvalue weighted by Crippen LogP contribution is 2.14. The molecule has 0 saturated carbocycles. The van der Waals surface area contributed by atoms with Gasteiger partial charge in [0, 0.05) is 39.8 Å². The van der Waals surface area contributed by atoms with Gasteiger partial charge in [-0.25, -0.2) is 4.79 Å². The highest BCUT2D eigenvalue weighted by atomic mass is 16.5. The zero-order chi connectivity index (χ0) is 15.8. The van der Waals surface area contributed by atoms with Gasteiger partial charge in [0.1, 0.15) is 0 Å². The number of nitrogens with zero attached hydrogens (tertiary/aromatic N) is 1. The molecular formula is C16H23N3O3. The summed E-state index contributed by atoms with van der Waals surface area (Å²) in [6.45, 7) is 2.33. The van der Waals surface area contributed by atoms with Crippen LogP contribution in [0.2, 0.25) is 0 Å². The maximum atomic E-state index is 12.0. The number of rotatable bonds is 7. The minimum atomic E-state index is -0.226. The normalized spacial score (nSPS) is 17.6. The highest BCUT2D eigenvalue weighted by molar-refractivity contribution is 5.81. The van der Waals surface area contributed by atoms with E-state index in [4.69, 9.17) is 4.74 Å². The van der Waals surface area contributed by atoms with E-state index >= 15 is 0 Å². The van der Waals surface area contributed by atoms with Crippen molar-refractivity contribution in [1.82, 2.24) is 15.5 Å². The Morgan fingerprint density at radius 3 is 2.86 bits per heavy atom. The Kier molecular flexibility index (Phi) is 6.21. The molecule has 1 fully saturated rings. The van der Waals surface area contributed by atoms with Crippen LogP contribution in [0.15, 0.2) is 30.3 Å². The summed E-state index contributed by atoms with van der Waals surface area (Å²) in [6, 6.07) is 9.51. The van der Waals surface area contributed by atoms with Gasteiger partial charge >= 0.3 is 6.03 Å². The van der Waals surface area contributed by atoms with Crippen molar-refractivity contribution in [3.05, 3.63) is 35.9 Å². The maximum absolute atomic E-state index is 12.0. The second kappa shape index (κ2) is 8.38. The zero-order valence-electron chi connectivity index (χ0n) is 12.9. The Morgan fingerprint density at radius 1 is 1.36 bits per heavy atom. The monoisotopic (exact) mass is 305 g/mol. The quantitative estimate of drug-likeness (QED) is 0.742. The summed E-state index contributed by atoms with van der Waals surface area (Å²) < 4.78 is 4.92. The molecule has 3 amide bonds. The van der Waals surface area contributed by atoms with Crippen LogP contribution in [0.4, 0.5) is 4.79 Å². The molecule has 1 saturated heterocycles. The molecule has 0 bridgehead atoms. The van der Waals surface area contributed by atoms with Crippen molar-refractivity contribution in [2.45, 2.75) is 25.4 Å². The third-order valence-electron chi connectivity index (χ3n) is 3.58. The first-order valence-corrected chi connectivity index (χ1v) is 7.54. The van der Waals surface area contributed by atoms with E-state index in [0.29, 0.717) is 32.7 Å². The Balaban J connectivity index is 1.73. The van der Waals surface area contributed by atoms with E-state index < -0.39 is 0 Å². The van der Waals surface area contributed by atoms with Crippen molar-refractivity contribution >= 4 is 11.9 Å². The lowest BCUT2D eigenvalue weighted by Crippen LogP contribution is -2.43. The molecule has 1 unspecified atom stereocenters. The van der Waals surface area contributed by atoms with Crippen molar-refractivity contribution in [3.63, 3.8) is 0 Å². The van der Waals surface area contributed by atoms with Crippen molar-refractivity contribution in [2.24, 2.45) is 0 Å². The molecule has 1 aliphatic heterocycles. The number of carbonyl (C=O) groups is 2. The van der Waals surface area contributed by atoms with Crippen LogP contribution >= 0.6 is 0 Å².